The van der Waals surface area contributed by atoms with Crippen molar-refractivity contribution in [2.24, 2.45) is 0 Å². The third-order valence-electron chi connectivity index (χ3n) is 2.73. The van der Waals surface area contributed by atoms with Crippen LogP contribution < -0.4 is 5.32 Å². The number of halogens is 2. The molecule has 0 aliphatic heterocycles. The lowest BCUT2D eigenvalue weighted by molar-refractivity contribution is 0.102. The van der Waals surface area contributed by atoms with Crippen LogP contribution in [0.5, 0.6) is 5.75 Å². The van der Waals surface area contributed by atoms with E-state index in [0.29, 0.717) is 26.3 Å². The quantitative estimate of drug-likeness (QED) is 0.853. The second-order valence-electron chi connectivity index (χ2n) is 4.03. The zero-order valence-corrected chi connectivity index (χ0v) is 12.4. The Bertz CT molecular complexity index is 643. The van der Waals surface area contributed by atoms with Gasteiger partial charge in [-0.25, -0.2) is 0 Å². The molecule has 0 saturated carbocycles. The molecule has 0 atom stereocenters. The highest BCUT2D eigenvalue weighted by Gasteiger charge is 2.12. The van der Waals surface area contributed by atoms with E-state index in [9.17, 15) is 9.90 Å². The Balaban J connectivity index is 2.28. The minimum Gasteiger partial charge on any atom is -0.508 e. The maximum absolute atomic E-state index is 12.1. The van der Waals surface area contributed by atoms with E-state index in [2.05, 4.69) is 21.2 Å². The molecule has 0 bridgehead atoms. The van der Waals surface area contributed by atoms with Gasteiger partial charge in [0, 0.05) is 20.6 Å². The highest BCUT2D eigenvalue weighted by atomic mass is 79.9. The first-order valence-electron chi connectivity index (χ1n) is 5.54. The van der Waals surface area contributed by atoms with Gasteiger partial charge in [-0.3, -0.25) is 4.79 Å². The second kappa shape index (κ2) is 5.63. The highest BCUT2D eigenvalue weighted by Crippen LogP contribution is 2.27. The molecule has 0 unspecified atom stereocenters. The Hall–Kier alpha value is -1.52. The molecule has 0 spiro atoms. The largest absolute Gasteiger partial charge is 0.508 e. The van der Waals surface area contributed by atoms with Crippen LogP contribution in [0.4, 0.5) is 5.69 Å². The zero-order chi connectivity index (χ0) is 14.0. The number of hydrogen-bond acceptors (Lipinski definition) is 2. The summed E-state index contributed by atoms with van der Waals surface area (Å²) >= 11 is 9.17. The van der Waals surface area contributed by atoms with Gasteiger partial charge in [0.15, 0.2) is 0 Å². The summed E-state index contributed by atoms with van der Waals surface area (Å²) in [5.74, 6) is -0.181. The van der Waals surface area contributed by atoms with Gasteiger partial charge < -0.3 is 10.4 Å². The zero-order valence-electron chi connectivity index (χ0n) is 10.1. The summed E-state index contributed by atoms with van der Waals surface area (Å²) in [7, 11) is 0. The van der Waals surface area contributed by atoms with Gasteiger partial charge in [-0.05, 0) is 53.2 Å². The van der Waals surface area contributed by atoms with Gasteiger partial charge in [0.05, 0.1) is 5.69 Å². The Morgan fingerprint density at radius 2 is 2.05 bits per heavy atom. The molecule has 1 amide bonds. The lowest BCUT2D eigenvalue weighted by Gasteiger charge is -2.10. The van der Waals surface area contributed by atoms with E-state index in [1.807, 2.05) is 0 Å². The first-order chi connectivity index (χ1) is 8.99. The highest BCUT2D eigenvalue weighted by molar-refractivity contribution is 9.10. The molecule has 2 rings (SSSR count). The number of anilines is 1. The molecular weight excluding hydrogens is 330 g/mol. The Morgan fingerprint density at radius 3 is 2.74 bits per heavy atom. The summed E-state index contributed by atoms with van der Waals surface area (Å²) in [4.78, 5) is 12.1. The molecule has 0 heterocycles. The van der Waals surface area contributed by atoms with E-state index in [1.165, 1.54) is 0 Å². The molecule has 0 aliphatic rings. The SMILES string of the molecule is Cc1c(O)cccc1C(=O)Nc1ccc(Cl)cc1Br. The van der Waals surface area contributed by atoms with Crippen LogP contribution in [0.25, 0.3) is 0 Å². The Morgan fingerprint density at radius 1 is 1.32 bits per heavy atom. The van der Waals surface area contributed by atoms with E-state index < -0.39 is 0 Å². The number of amides is 1. The molecule has 5 heteroatoms. The number of hydrogen-bond donors (Lipinski definition) is 2. The molecule has 98 valence electrons. The molecule has 19 heavy (non-hydrogen) atoms. The molecule has 3 nitrogen and oxygen atoms in total. The van der Waals surface area contributed by atoms with Crippen molar-refractivity contribution in [3.8, 4) is 5.75 Å². The third-order valence-corrected chi connectivity index (χ3v) is 3.62. The molecule has 0 saturated heterocycles. The van der Waals surface area contributed by atoms with E-state index in [-0.39, 0.29) is 11.7 Å². The first-order valence-corrected chi connectivity index (χ1v) is 6.71. The molecule has 0 aromatic heterocycles. The molecule has 0 radical (unpaired) electrons. The molecule has 0 aliphatic carbocycles. The van der Waals surface area contributed by atoms with Crippen molar-refractivity contribution < 1.29 is 9.90 Å². The summed E-state index contributed by atoms with van der Waals surface area (Å²) in [6, 6.07) is 9.94. The average Bonchev–Trinajstić information content (AvgIpc) is 2.36. The average molecular weight is 341 g/mol. The van der Waals surface area contributed by atoms with E-state index in [1.54, 1.807) is 43.3 Å². The summed E-state index contributed by atoms with van der Waals surface area (Å²) < 4.78 is 0.700. The van der Waals surface area contributed by atoms with Crippen LogP contribution in [0.3, 0.4) is 0 Å². The van der Waals surface area contributed by atoms with Crippen LogP contribution in [0, 0.1) is 6.92 Å². The number of phenols is 1. The second-order valence-corrected chi connectivity index (χ2v) is 5.32. The predicted octanol–water partition coefficient (Wildman–Crippen LogP) is 4.37. The predicted molar refractivity (Wildman–Crippen MR) is 79.9 cm³/mol. The number of carbonyl (C=O) groups excluding carboxylic acids is 1. The van der Waals surface area contributed by atoms with Crippen LogP contribution in [0.1, 0.15) is 15.9 Å². The lowest BCUT2D eigenvalue weighted by atomic mass is 10.1. The number of phenolic OH excluding ortho intramolecular Hbond substituents is 1. The van der Waals surface area contributed by atoms with E-state index in [0.717, 1.165) is 0 Å². The summed E-state index contributed by atoms with van der Waals surface area (Å²) in [6.07, 6.45) is 0. The summed E-state index contributed by atoms with van der Waals surface area (Å²) in [5, 5.41) is 12.9. The van der Waals surface area contributed by atoms with Crippen molar-refractivity contribution in [3.05, 3.63) is 57.0 Å². The normalized spacial score (nSPS) is 10.3. The number of carbonyl (C=O) groups is 1. The molecule has 2 aromatic carbocycles. The van der Waals surface area contributed by atoms with Crippen LogP contribution >= 0.6 is 27.5 Å². The molecular formula is C14H11BrClNO2. The van der Waals surface area contributed by atoms with Crippen molar-refractivity contribution >= 4 is 39.1 Å². The Kier molecular flexibility index (Phi) is 4.12. The van der Waals surface area contributed by atoms with Crippen LogP contribution in [0.15, 0.2) is 40.9 Å². The van der Waals surface area contributed by atoms with Crippen LogP contribution in [-0.4, -0.2) is 11.0 Å². The monoisotopic (exact) mass is 339 g/mol. The van der Waals surface area contributed by atoms with Gasteiger partial charge in [0.1, 0.15) is 5.75 Å². The van der Waals surface area contributed by atoms with Gasteiger partial charge in [-0.1, -0.05) is 17.7 Å². The Labute approximate surface area is 124 Å². The van der Waals surface area contributed by atoms with Crippen molar-refractivity contribution in [1.82, 2.24) is 0 Å². The lowest BCUT2D eigenvalue weighted by Crippen LogP contribution is -2.13. The van der Waals surface area contributed by atoms with Crippen molar-refractivity contribution in [2.75, 3.05) is 5.32 Å². The van der Waals surface area contributed by atoms with Gasteiger partial charge in [-0.15, -0.1) is 0 Å². The molecule has 2 N–H and O–H groups in total. The molecule has 2 aromatic rings. The molecule has 0 fully saturated rings. The van der Waals surface area contributed by atoms with Crippen LogP contribution in [0.2, 0.25) is 5.02 Å². The van der Waals surface area contributed by atoms with Crippen molar-refractivity contribution in [3.63, 3.8) is 0 Å². The number of benzene rings is 2. The van der Waals surface area contributed by atoms with Crippen molar-refractivity contribution in [1.29, 1.82) is 0 Å². The summed E-state index contributed by atoms with van der Waals surface area (Å²) in [6.45, 7) is 1.70. The third kappa shape index (κ3) is 3.08. The van der Waals surface area contributed by atoms with E-state index >= 15 is 0 Å². The topological polar surface area (TPSA) is 49.3 Å². The summed E-state index contributed by atoms with van der Waals surface area (Å²) in [5.41, 5.74) is 1.60. The minimum absolute atomic E-state index is 0.0998. The fraction of sp³-hybridized carbons (Fsp3) is 0.0714. The minimum atomic E-state index is -0.281. The number of aromatic hydroxyl groups is 1. The van der Waals surface area contributed by atoms with Gasteiger partial charge >= 0.3 is 0 Å². The van der Waals surface area contributed by atoms with E-state index in [4.69, 9.17) is 11.6 Å². The van der Waals surface area contributed by atoms with Gasteiger partial charge in [0.25, 0.3) is 5.91 Å². The fourth-order valence-corrected chi connectivity index (χ4v) is 2.43. The first kappa shape index (κ1) is 13.9. The maximum atomic E-state index is 12.1. The van der Waals surface area contributed by atoms with Crippen molar-refractivity contribution in [2.45, 2.75) is 6.92 Å². The number of rotatable bonds is 2. The van der Waals surface area contributed by atoms with Crippen LogP contribution in [-0.2, 0) is 0 Å². The van der Waals surface area contributed by atoms with Gasteiger partial charge in [0.2, 0.25) is 0 Å². The van der Waals surface area contributed by atoms with Gasteiger partial charge in [-0.2, -0.15) is 0 Å². The standard InChI is InChI=1S/C14H11BrClNO2/c1-8-10(3-2-4-13(8)18)14(19)17-12-6-5-9(16)7-11(12)15/h2-7,18H,1H3,(H,17,19). The number of nitrogens with one attached hydrogen (secondary N) is 1. The fourth-order valence-electron chi connectivity index (χ4n) is 1.65. The maximum Gasteiger partial charge on any atom is 0.256 e. The smallest absolute Gasteiger partial charge is 0.256 e.